The SMILES string of the molecule is Cc1cc(NC(=O)CC(C)c2ccccc2F)no1. The molecule has 100 valence electrons. The third-order valence-electron chi connectivity index (χ3n) is 2.82. The molecule has 0 bridgehead atoms. The molecule has 0 fully saturated rings. The highest BCUT2D eigenvalue weighted by atomic mass is 19.1. The fraction of sp³-hybridized carbons (Fsp3) is 0.286. The summed E-state index contributed by atoms with van der Waals surface area (Å²) in [7, 11) is 0. The monoisotopic (exact) mass is 262 g/mol. The summed E-state index contributed by atoms with van der Waals surface area (Å²) in [5.74, 6) is 0.291. The zero-order valence-corrected chi connectivity index (χ0v) is 10.8. The van der Waals surface area contributed by atoms with E-state index in [0.717, 1.165) is 0 Å². The molecule has 0 spiro atoms. The fourth-order valence-electron chi connectivity index (χ4n) is 1.88. The molecule has 0 aliphatic heterocycles. The number of nitrogens with zero attached hydrogens (tertiary/aromatic N) is 1. The first-order chi connectivity index (χ1) is 9.06. The minimum Gasteiger partial charge on any atom is -0.360 e. The van der Waals surface area contributed by atoms with E-state index >= 15 is 0 Å². The normalized spacial score (nSPS) is 12.2. The Labute approximate surface area is 110 Å². The average Bonchev–Trinajstić information content (AvgIpc) is 2.74. The lowest BCUT2D eigenvalue weighted by molar-refractivity contribution is -0.116. The van der Waals surface area contributed by atoms with Gasteiger partial charge in [-0.1, -0.05) is 30.3 Å². The number of halogens is 1. The van der Waals surface area contributed by atoms with Crippen LogP contribution in [0, 0.1) is 12.7 Å². The zero-order valence-electron chi connectivity index (χ0n) is 10.8. The van der Waals surface area contributed by atoms with Gasteiger partial charge in [-0.3, -0.25) is 4.79 Å². The van der Waals surface area contributed by atoms with E-state index in [0.29, 0.717) is 17.1 Å². The number of hydrogen-bond donors (Lipinski definition) is 1. The van der Waals surface area contributed by atoms with Crippen molar-refractivity contribution in [1.82, 2.24) is 5.16 Å². The molecule has 2 aromatic rings. The van der Waals surface area contributed by atoms with Crippen molar-refractivity contribution < 1.29 is 13.7 Å². The van der Waals surface area contributed by atoms with Crippen LogP contribution in [0.1, 0.15) is 30.6 Å². The van der Waals surface area contributed by atoms with Gasteiger partial charge in [0.05, 0.1) is 0 Å². The van der Waals surface area contributed by atoms with Crippen molar-refractivity contribution in [3.63, 3.8) is 0 Å². The highest BCUT2D eigenvalue weighted by Crippen LogP contribution is 2.22. The molecule has 1 atom stereocenters. The maximum Gasteiger partial charge on any atom is 0.226 e. The maximum absolute atomic E-state index is 13.6. The summed E-state index contributed by atoms with van der Waals surface area (Å²) >= 11 is 0. The number of hydrogen-bond acceptors (Lipinski definition) is 3. The number of aryl methyl sites for hydroxylation is 1. The van der Waals surface area contributed by atoms with Crippen LogP contribution in [0.3, 0.4) is 0 Å². The summed E-state index contributed by atoms with van der Waals surface area (Å²) < 4.78 is 18.4. The van der Waals surface area contributed by atoms with Crippen LogP contribution in [0.4, 0.5) is 10.2 Å². The molecule has 5 heteroatoms. The van der Waals surface area contributed by atoms with Crippen LogP contribution in [0.15, 0.2) is 34.9 Å². The number of rotatable bonds is 4. The summed E-state index contributed by atoms with van der Waals surface area (Å²) in [6, 6.07) is 8.10. The predicted molar refractivity (Wildman–Crippen MR) is 69.3 cm³/mol. The summed E-state index contributed by atoms with van der Waals surface area (Å²) in [5.41, 5.74) is 0.536. The Bertz CT molecular complexity index is 580. The van der Waals surface area contributed by atoms with Crippen molar-refractivity contribution in [2.45, 2.75) is 26.2 Å². The Morgan fingerprint density at radius 2 is 2.21 bits per heavy atom. The van der Waals surface area contributed by atoms with E-state index in [1.54, 1.807) is 31.2 Å². The predicted octanol–water partition coefficient (Wildman–Crippen LogP) is 3.25. The second kappa shape index (κ2) is 5.65. The Morgan fingerprint density at radius 3 is 2.84 bits per heavy atom. The van der Waals surface area contributed by atoms with Gasteiger partial charge in [0.2, 0.25) is 5.91 Å². The van der Waals surface area contributed by atoms with Gasteiger partial charge < -0.3 is 9.84 Å². The second-order valence-corrected chi connectivity index (χ2v) is 4.50. The number of carbonyl (C=O) groups excluding carboxylic acids is 1. The first kappa shape index (κ1) is 13.3. The van der Waals surface area contributed by atoms with Gasteiger partial charge in [-0.2, -0.15) is 0 Å². The summed E-state index contributed by atoms with van der Waals surface area (Å²) in [6.45, 7) is 3.55. The summed E-state index contributed by atoms with van der Waals surface area (Å²) in [4.78, 5) is 11.8. The summed E-state index contributed by atoms with van der Waals surface area (Å²) in [6.07, 6.45) is 0.187. The number of amides is 1. The molecule has 19 heavy (non-hydrogen) atoms. The highest BCUT2D eigenvalue weighted by molar-refractivity contribution is 5.90. The molecule has 1 aromatic carbocycles. The number of nitrogens with one attached hydrogen (secondary N) is 1. The standard InChI is InChI=1S/C14H15FN2O2/c1-9(11-5-3-4-6-12(11)15)7-14(18)16-13-8-10(2)19-17-13/h3-6,8-9H,7H2,1-2H3,(H,16,17,18). The van der Waals surface area contributed by atoms with Gasteiger partial charge in [-0.25, -0.2) is 4.39 Å². The maximum atomic E-state index is 13.6. The number of aromatic nitrogens is 1. The van der Waals surface area contributed by atoms with Crippen molar-refractivity contribution in [2.75, 3.05) is 5.32 Å². The van der Waals surface area contributed by atoms with Crippen molar-refractivity contribution >= 4 is 11.7 Å². The number of benzene rings is 1. The molecule has 1 heterocycles. The molecular weight excluding hydrogens is 247 g/mol. The molecule has 4 nitrogen and oxygen atoms in total. The lowest BCUT2D eigenvalue weighted by Gasteiger charge is -2.11. The molecule has 0 saturated carbocycles. The molecule has 1 unspecified atom stereocenters. The van der Waals surface area contributed by atoms with Crippen LogP contribution in [-0.2, 0) is 4.79 Å². The molecule has 1 amide bonds. The van der Waals surface area contributed by atoms with E-state index in [2.05, 4.69) is 10.5 Å². The van der Waals surface area contributed by atoms with Crippen LogP contribution >= 0.6 is 0 Å². The van der Waals surface area contributed by atoms with Crippen molar-refractivity contribution in [1.29, 1.82) is 0 Å². The van der Waals surface area contributed by atoms with E-state index in [9.17, 15) is 9.18 Å². The van der Waals surface area contributed by atoms with Crippen molar-refractivity contribution in [2.24, 2.45) is 0 Å². The molecule has 0 aliphatic rings. The van der Waals surface area contributed by atoms with Gasteiger partial charge >= 0.3 is 0 Å². The number of anilines is 1. The zero-order chi connectivity index (χ0) is 13.8. The Hall–Kier alpha value is -2.17. The topological polar surface area (TPSA) is 55.1 Å². The Morgan fingerprint density at radius 1 is 1.47 bits per heavy atom. The van der Waals surface area contributed by atoms with Crippen LogP contribution in [0.25, 0.3) is 0 Å². The van der Waals surface area contributed by atoms with Crippen molar-refractivity contribution in [3.05, 3.63) is 47.5 Å². The summed E-state index contributed by atoms with van der Waals surface area (Å²) in [5, 5.41) is 6.29. The van der Waals surface area contributed by atoms with Crippen LogP contribution in [-0.4, -0.2) is 11.1 Å². The van der Waals surface area contributed by atoms with E-state index in [1.165, 1.54) is 6.07 Å². The van der Waals surface area contributed by atoms with Crippen LogP contribution in [0.5, 0.6) is 0 Å². The van der Waals surface area contributed by atoms with E-state index in [-0.39, 0.29) is 24.1 Å². The molecular formula is C14H15FN2O2. The molecule has 0 aliphatic carbocycles. The van der Waals surface area contributed by atoms with Gasteiger partial charge in [0.1, 0.15) is 11.6 Å². The van der Waals surface area contributed by atoms with E-state index in [4.69, 9.17) is 4.52 Å². The van der Waals surface area contributed by atoms with Gasteiger partial charge in [0.15, 0.2) is 5.82 Å². The van der Waals surface area contributed by atoms with E-state index < -0.39 is 0 Å². The largest absolute Gasteiger partial charge is 0.360 e. The highest BCUT2D eigenvalue weighted by Gasteiger charge is 2.15. The average molecular weight is 262 g/mol. The fourth-order valence-corrected chi connectivity index (χ4v) is 1.88. The lowest BCUT2D eigenvalue weighted by atomic mass is 9.97. The van der Waals surface area contributed by atoms with Gasteiger partial charge in [-0.15, -0.1) is 0 Å². The van der Waals surface area contributed by atoms with Gasteiger partial charge in [-0.05, 0) is 24.5 Å². The van der Waals surface area contributed by atoms with Gasteiger partial charge in [0.25, 0.3) is 0 Å². The van der Waals surface area contributed by atoms with Gasteiger partial charge in [0, 0.05) is 12.5 Å². The molecule has 0 radical (unpaired) electrons. The minimum atomic E-state index is -0.292. The van der Waals surface area contributed by atoms with Crippen LogP contribution < -0.4 is 5.32 Å². The van der Waals surface area contributed by atoms with Crippen molar-refractivity contribution in [3.8, 4) is 0 Å². The first-order valence-corrected chi connectivity index (χ1v) is 6.04. The quantitative estimate of drug-likeness (QED) is 0.920. The molecule has 1 N–H and O–H groups in total. The third kappa shape index (κ3) is 3.40. The first-order valence-electron chi connectivity index (χ1n) is 6.04. The number of carbonyl (C=O) groups is 1. The second-order valence-electron chi connectivity index (χ2n) is 4.50. The van der Waals surface area contributed by atoms with Crippen LogP contribution in [0.2, 0.25) is 0 Å². The Balaban J connectivity index is 1.97. The molecule has 0 saturated heterocycles. The third-order valence-corrected chi connectivity index (χ3v) is 2.82. The lowest BCUT2D eigenvalue weighted by Crippen LogP contribution is -2.15. The Kier molecular flexibility index (Phi) is 3.94. The smallest absolute Gasteiger partial charge is 0.226 e. The van der Waals surface area contributed by atoms with E-state index in [1.807, 2.05) is 6.92 Å². The molecule has 2 rings (SSSR count). The minimum absolute atomic E-state index is 0.187. The molecule has 1 aromatic heterocycles.